The first-order valence-corrected chi connectivity index (χ1v) is 50.5. The number of ether oxygens (including phenoxy) is 4. The van der Waals surface area contributed by atoms with Gasteiger partial charge < -0.3 is 50.4 Å². The van der Waals surface area contributed by atoms with E-state index in [4.69, 9.17) is 33.3 Å². The first-order valence-electron chi connectivity index (χ1n) is 50.5. The Hall–Kier alpha value is -16.2. The second-order valence-corrected chi connectivity index (χ2v) is 38.2. The van der Waals surface area contributed by atoms with E-state index < -0.39 is 0 Å². The van der Waals surface area contributed by atoms with Crippen LogP contribution in [0.2, 0.25) is 0 Å². The first kappa shape index (κ1) is 94.4. The maximum atomic E-state index is 6.37. The molecule has 0 saturated heterocycles. The zero-order chi connectivity index (χ0) is 98.7. The number of methoxy groups -OCH3 is 3. The van der Waals surface area contributed by atoms with E-state index in [1.165, 1.54) is 126 Å². The SMILES string of the molecule is CCC(COCc1ccc(-c2cc[c-]c3c2c2ccccc2n2ccnc32)c(C)c1)OC.CCC(Cc1cc(-n2c3ccccc3c3ncccc32)cc(-n2c3ccccc3c3ncccc32)c1)OC.CCC(Cc1ccc2oc3ccc(-c4cc(-n5c6ccccc6c6ccccc65)cc(-n5c6ccccc6c6ccccc65)c4)cc3c2c1)OC.Cc1ccc(-c2cc[c-]c3c2c2ccccc2n2ccnc32)c(C)c1.[Pt+2]. The molecule has 27 aromatic rings. The van der Waals surface area contributed by atoms with Crippen molar-refractivity contribution in [1.82, 2.24) is 47.0 Å². The molecule has 16 aromatic carbocycles. The fourth-order valence-electron chi connectivity index (χ4n) is 22.4. The van der Waals surface area contributed by atoms with Crippen LogP contribution in [0.5, 0.6) is 0 Å². The Bertz CT molecular complexity index is 9220. The summed E-state index contributed by atoms with van der Waals surface area (Å²) in [6.07, 6.45) is 16.6. The van der Waals surface area contributed by atoms with Crippen molar-refractivity contribution in [2.45, 2.75) is 98.6 Å². The van der Waals surface area contributed by atoms with Gasteiger partial charge in [0.05, 0.1) is 98.0 Å². The Morgan fingerprint density at radius 2 is 0.694 bits per heavy atom. The molecule has 722 valence electrons. The molecule has 0 amide bonds. The van der Waals surface area contributed by atoms with Crippen LogP contribution in [-0.4, -0.2) is 93.3 Å². The van der Waals surface area contributed by atoms with Gasteiger partial charge in [0.1, 0.15) is 11.2 Å². The summed E-state index contributed by atoms with van der Waals surface area (Å²) in [5.74, 6) is 0. The molecule has 147 heavy (non-hydrogen) atoms. The predicted molar refractivity (Wildman–Crippen MR) is 602 cm³/mol. The summed E-state index contributed by atoms with van der Waals surface area (Å²) in [5, 5.41) is 16.5. The zero-order valence-corrected chi connectivity index (χ0v) is 85.7. The third kappa shape index (κ3) is 17.1. The van der Waals surface area contributed by atoms with Crippen molar-refractivity contribution in [3.63, 3.8) is 0 Å². The van der Waals surface area contributed by atoms with E-state index in [-0.39, 0.29) is 39.4 Å². The number of hydrogen-bond acceptors (Lipinski definition) is 9. The Balaban J connectivity index is 0.000000111. The Morgan fingerprint density at radius 3 is 1.15 bits per heavy atom. The van der Waals surface area contributed by atoms with Crippen molar-refractivity contribution >= 4 is 164 Å². The summed E-state index contributed by atoms with van der Waals surface area (Å²) in [6, 6.07) is 133. The number of hydrogen-bond donors (Lipinski definition) is 0. The van der Waals surface area contributed by atoms with Gasteiger partial charge in [0.2, 0.25) is 0 Å². The van der Waals surface area contributed by atoms with Crippen LogP contribution in [0.15, 0.2) is 393 Å². The number of pyridine rings is 4. The molecule has 3 atom stereocenters. The third-order valence-electron chi connectivity index (χ3n) is 29.5. The second kappa shape index (κ2) is 40.4. The van der Waals surface area contributed by atoms with Gasteiger partial charge in [0.15, 0.2) is 0 Å². The summed E-state index contributed by atoms with van der Waals surface area (Å²) < 4.78 is 43.0. The topological polar surface area (TPSA) is 130 Å². The predicted octanol–water partition coefficient (Wildman–Crippen LogP) is 32.1. The van der Waals surface area contributed by atoms with Crippen LogP contribution in [0.1, 0.15) is 73.4 Å². The molecule has 0 aliphatic carbocycles. The molecule has 0 radical (unpaired) electrons. The van der Waals surface area contributed by atoms with Crippen LogP contribution >= 0.6 is 0 Å². The summed E-state index contributed by atoms with van der Waals surface area (Å²) in [7, 11) is 5.34. The monoisotopic (exact) mass is 2100 g/mol. The standard InChI is InChI=1S/C47H36N2O2.C33H28N4O.C28H27N2O2.C23H17N2.Pt/c1-3-35(50-2)24-30-20-22-46-40(25-30)41-28-31(21-23-47(41)51-46)32-26-33(48-42-16-8-4-12-36(42)37-13-5-9-17-43(37)48)29-34(27-32)49-44-18-10-6-14-38(44)39-15-7-11-19-45(39)49;1-3-25(38-2)20-22-18-23(36-28-12-6-4-10-26(28)32-30(36)14-8-16-34-32)21-24(19-22)37-29-13-7-5-11-27(29)33-31(37)15-9-17-35-33;1-4-21(31-3)18-32-17-20-12-13-22(19(2)16-20)23-9-7-10-25-27(23)24-8-5-6-11-26(24)30-15-14-29-28(25)30;1-15-10-11-17(16(2)14-15)18-7-5-8-20-22(18)19-6-3-4-9-21(19)25-13-12-24-23(20)25;/h4-23,25-29,35H,3,24H2,1-2H3;4-19,21,25H,3,20H2,1-2H3;5-9,11-16,21H,4,17-18H2,1-3H3;3-7,9-14H,1-2H3;/q;;2*-1;+2. The van der Waals surface area contributed by atoms with Gasteiger partial charge in [-0.3, -0.25) is 19.9 Å². The molecule has 3 unspecified atom stereocenters. The molecule has 0 aliphatic rings. The minimum atomic E-state index is 0. The largest absolute Gasteiger partial charge is 2.00 e. The number of benzene rings is 16. The van der Waals surface area contributed by atoms with E-state index in [0.717, 1.165) is 159 Å². The Morgan fingerprint density at radius 1 is 0.306 bits per heavy atom. The Kier molecular flexibility index (Phi) is 25.9. The maximum absolute atomic E-state index is 6.37. The number of para-hydroxylation sites is 8. The first-order chi connectivity index (χ1) is 71.9. The van der Waals surface area contributed by atoms with Gasteiger partial charge in [-0.15, -0.1) is 36.4 Å². The number of aromatic nitrogens is 10. The number of imidazole rings is 2. The van der Waals surface area contributed by atoms with Crippen molar-refractivity contribution in [2.75, 3.05) is 27.9 Å². The molecule has 11 aromatic heterocycles. The van der Waals surface area contributed by atoms with E-state index in [9.17, 15) is 0 Å². The molecular formula is C131H108N10O5Pt. The minimum Gasteiger partial charge on any atom is -0.456 e. The average Bonchev–Trinajstić information content (AvgIpc) is 1.73. The zero-order valence-electron chi connectivity index (χ0n) is 83.5. The molecule has 16 heteroatoms. The molecule has 0 fully saturated rings. The number of nitrogens with zero attached hydrogens (tertiary/aromatic N) is 10. The molecule has 15 nitrogen and oxygen atoms in total. The van der Waals surface area contributed by atoms with Gasteiger partial charge in [-0.05, 0) is 247 Å². The van der Waals surface area contributed by atoms with Crippen LogP contribution in [0.3, 0.4) is 0 Å². The van der Waals surface area contributed by atoms with Crippen LogP contribution in [0.4, 0.5) is 0 Å². The van der Waals surface area contributed by atoms with Crippen LogP contribution in [0.25, 0.3) is 220 Å². The van der Waals surface area contributed by atoms with Gasteiger partial charge >= 0.3 is 21.1 Å². The quantitative estimate of drug-likeness (QED) is 0.0510. The van der Waals surface area contributed by atoms with E-state index in [1.54, 1.807) is 21.3 Å². The molecule has 11 heterocycles. The fourth-order valence-corrected chi connectivity index (χ4v) is 22.4. The number of furan rings is 1. The number of aryl methyl sites for hydroxylation is 3. The van der Waals surface area contributed by atoms with E-state index in [0.29, 0.717) is 13.2 Å². The Labute approximate surface area is 866 Å². The van der Waals surface area contributed by atoms with Crippen molar-refractivity contribution in [2.24, 2.45) is 0 Å². The summed E-state index contributed by atoms with van der Waals surface area (Å²) in [6.45, 7) is 14.1. The summed E-state index contributed by atoms with van der Waals surface area (Å²) in [4.78, 5) is 18.7. The van der Waals surface area contributed by atoms with Gasteiger partial charge in [-0.1, -0.05) is 253 Å². The molecule has 0 bridgehead atoms. The maximum Gasteiger partial charge on any atom is 2.00 e. The molecule has 0 spiro atoms. The van der Waals surface area contributed by atoms with Gasteiger partial charge in [-0.2, -0.15) is 0 Å². The number of fused-ring (bicyclic) bond motifs is 27. The van der Waals surface area contributed by atoms with Gasteiger partial charge in [0.25, 0.3) is 0 Å². The van der Waals surface area contributed by atoms with Crippen molar-refractivity contribution in [3.8, 4) is 56.1 Å². The molecule has 0 N–H and O–H groups in total. The van der Waals surface area contributed by atoms with Crippen molar-refractivity contribution < 1.29 is 44.4 Å². The van der Waals surface area contributed by atoms with Gasteiger partial charge in [-0.25, -0.2) is 0 Å². The van der Waals surface area contributed by atoms with Crippen LogP contribution in [0, 0.1) is 32.9 Å². The smallest absolute Gasteiger partial charge is 0.456 e. The normalized spacial score (nSPS) is 12.4. The molecule has 0 saturated carbocycles. The number of rotatable bonds is 21. The average molecular weight is 2100 g/mol. The second-order valence-electron chi connectivity index (χ2n) is 38.2. The minimum absolute atomic E-state index is 0. The van der Waals surface area contributed by atoms with E-state index in [2.05, 4.69) is 418 Å². The molecular weight excluding hydrogens is 1990 g/mol. The fraction of sp³-hybridized carbons (Fsp3) is 0.145. The van der Waals surface area contributed by atoms with Crippen molar-refractivity contribution in [3.05, 3.63) is 435 Å². The van der Waals surface area contributed by atoms with Gasteiger partial charge in [0, 0.05) is 135 Å². The third-order valence-corrected chi connectivity index (χ3v) is 29.5. The van der Waals surface area contributed by atoms with E-state index >= 15 is 0 Å². The molecule has 0 aliphatic heterocycles. The van der Waals surface area contributed by atoms with Crippen LogP contribution < -0.4 is 0 Å². The van der Waals surface area contributed by atoms with Crippen molar-refractivity contribution in [1.29, 1.82) is 0 Å². The van der Waals surface area contributed by atoms with E-state index in [1.807, 2.05) is 61.4 Å². The molecule has 27 rings (SSSR count). The summed E-state index contributed by atoms with van der Waals surface area (Å²) in [5.41, 5.74) is 36.4. The van der Waals surface area contributed by atoms with Crippen LogP contribution in [-0.2, 0) is 59.5 Å². The summed E-state index contributed by atoms with van der Waals surface area (Å²) >= 11 is 0.